The van der Waals surface area contributed by atoms with Gasteiger partial charge in [0.25, 0.3) is 0 Å². The van der Waals surface area contributed by atoms with E-state index >= 15 is 0 Å². The van der Waals surface area contributed by atoms with Crippen LogP contribution in [0.5, 0.6) is 0 Å². The van der Waals surface area contributed by atoms with Gasteiger partial charge in [-0.1, -0.05) is 117 Å². The summed E-state index contributed by atoms with van der Waals surface area (Å²) in [6.45, 7) is 4.69. The maximum absolute atomic E-state index is 6.58. The van der Waals surface area contributed by atoms with Crippen molar-refractivity contribution in [2.75, 3.05) is 4.90 Å². The summed E-state index contributed by atoms with van der Waals surface area (Å²) in [6, 6.07) is 63.6. The molecule has 0 saturated carbocycles. The fourth-order valence-electron chi connectivity index (χ4n) is 9.40. The van der Waals surface area contributed by atoms with Gasteiger partial charge in [-0.3, -0.25) is 0 Å². The number of hydrogen-bond donors (Lipinski definition) is 0. The van der Waals surface area contributed by atoms with E-state index in [1.807, 2.05) is 12.1 Å². The van der Waals surface area contributed by atoms with Crippen molar-refractivity contribution in [3.8, 4) is 22.3 Å². The molecule has 56 heavy (non-hydrogen) atoms. The Hall–Kier alpha value is -7.10. The quantitative estimate of drug-likeness (QED) is 0.182. The molecule has 0 bridgehead atoms. The lowest BCUT2D eigenvalue weighted by atomic mass is 9.82. The molecule has 3 heteroatoms. The van der Waals surface area contributed by atoms with E-state index < -0.39 is 0 Å². The highest BCUT2D eigenvalue weighted by atomic mass is 16.3. The van der Waals surface area contributed by atoms with E-state index in [0.717, 1.165) is 71.7 Å². The molecule has 0 saturated heterocycles. The molecule has 3 nitrogen and oxygen atoms in total. The van der Waals surface area contributed by atoms with Crippen molar-refractivity contribution in [2.45, 2.75) is 19.3 Å². The Morgan fingerprint density at radius 1 is 0.375 bits per heavy atom. The van der Waals surface area contributed by atoms with Gasteiger partial charge in [0.05, 0.1) is 0 Å². The molecule has 0 unspecified atom stereocenters. The van der Waals surface area contributed by atoms with Gasteiger partial charge in [0.2, 0.25) is 0 Å². The summed E-state index contributed by atoms with van der Waals surface area (Å²) >= 11 is 0. The number of furan rings is 2. The fourth-order valence-corrected chi connectivity index (χ4v) is 9.40. The molecule has 0 fully saturated rings. The highest BCUT2D eigenvalue weighted by molar-refractivity contribution is 6.27. The molecule has 1 aliphatic rings. The normalized spacial score (nSPS) is 13.3. The van der Waals surface area contributed by atoms with Crippen LogP contribution in [-0.4, -0.2) is 0 Å². The van der Waals surface area contributed by atoms with Gasteiger partial charge >= 0.3 is 0 Å². The molecule has 1 aliphatic carbocycles. The maximum atomic E-state index is 6.58. The molecule has 264 valence electrons. The molecule has 9 aromatic carbocycles. The minimum atomic E-state index is -0.114. The second-order valence-corrected chi connectivity index (χ2v) is 15.7. The van der Waals surface area contributed by atoms with E-state index in [4.69, 9.17) is 8.83 Å². The number of benzene rings is 9. The maximum Gasteiger partial charge on any atom is 0.136 e. The van der Waals surface area contributed by atoms with Crippen LogP contribution in [0.3, 0.4) is 0 Å². The molecule has 0 amide bonds. The van der Waals surface area contributed by atoms with Crippen molar-refractivity contribution in [1.29, 1.82) is 0 Å². The third kappa shape index (κ3) is 4.52. The minimum absolute atomic E-state index is 0.114. The first-order valence-corrected chi connectivity index (χ1v) is 19.3. The van der Waals surface area contributed by atoms with Gasteiger partial charge in [-0.25, -0.2) is 0 Å². The van der Waals surface area contributed by atoms with Crippen LogP contribution in [0.2, 0.25) is 0 Å². The zero-order valence-corrected chi connectivity index (χ0v) is 31.0. The van der Waals surface area contributed by atoms with Crippen LogP contribution >= 0.6 is 0 Å². The standard InChI is InChI=1S/C53H35NO2/c1-53(2)45-15-9-8-14-41(45)42-23-22-40(31-46(42)53)54(38-19-16-33(17-20-38)32-10-4-3-5-11-32)39-21-18-36-30-50-44(28-37(36)26-39)52-48(56-50)25-24-47-51(52)43-27-34-12-6-7-13-35(34)29-49(43)55-47/h3-31H,1-2H3. The van der Waals surface area contributed by atoms with Gasteiger partial charge in [0.15, 0.2) is 0 Å². The Morgan fingerprint density at radius 3 is 1.64 bits per heavy atom. The third-order valence-corrected chi connectivity index (χ3v) is 12.2. The number of fused-ring (bicyclic) bond motifs is 12. The molecular formula is C53H35NO2. The first-order valence-electron chi connectivity index (χ1n) is 19.3. The van der Waals surface area contributed by atoms with E-state index in [9.17, 15) is 0 Å². The Bertz CT molecular complexity index is 3380. The predicted octanol–water partition coefficient (Wildman–Crippen LogP) is 15.2. The molecule has 0 radical (unpaired) electrons. The molecule has 2 heterocycles. The average Bonchev–Trinajstić information content (AvgIpc) is 3.86. The Balaban J connectivity index is 1.06. The summed E-state index contributed by atoms with van der Waals surface area (Å²) in [4.78, 5) is 2.40. The molecule has 0 atom stereocenters. The number of nitrogens with zero attached hydrogens (tertiary/aromatic N) is 1. The van der Waals surface area contributed by atoms with Crippen molar-refractivity contribution in [1.82, 2.24) is 0 Å². The average molecular weight is 718 g/mol. The van der Waals surface area contributed by atoms with Gasteiger partial charge in [0.1, 0.15) is 22.3 Å². The second kappa shape index (κ2) is 11.5. The first kappa shape index (κ1) is 31.3. The Morgan fingerprint density at radius 2 is 0.911 bits per heavy atom. The number of rotatable bonds is 4. The smallest absolute Gasteiger partial charge is 0.136 e. The zero-order valence-electron chi connectivity index (χ0n) is 31.0. The van der Waals surface area contributed by atoms with Gasteiger partial charge in [-0.2, -0.15) is 0 Å². The molecule has 0 aliphatic heterocycles. The lowest BCUT2D eigenvalue weighted by molar-refractivity contribution is 0.660. The summed E-state index contributed by atoms with van der Waals surface area (Å²) < 4.78 is 13.1. The third-order valence-electron chi connectivity index (χ3n) is 12.2. The van der Waals surface area contributed by atoms with Crippen LogP contribution in [0.1, 0.15) is 25.0 Å². The second-order valence-electron chi connectivity index (χ2n) is 15.7. The first-order chi connectivity index (χ1) is 27.5. The van der Waals surface area contributed by atoms with E-state index in [1.54, 1.807) is 0 Å². The molecule has 2 aromatic heterocycles. The van der Waals surface area contributed by atoms with Crippen LogP contribution < -0.4 is 4.90 Å². The molecule has 0 spiro atoms. The Kier molecular flexibility index (Phi) is 6.40. The van der Waals surface area contributed by atoms with Gasteiger partial charge in [0, 0.05) is 44.0 Å². The van der Waals surface area contributed by atoms with Crippen molar-refractivity contribution in [3.63, 3.8) is 0 Å². The monoisotopic (exact) mass is 717 g/mol. The minimum Gasteiger partial charge on any atom is -0.456 e. The molecule has 11 aromatic rings. The summed E-state index contributed by atoms with van der Waals surface area (Å²) in [5, 5.41) is 9.01. The van der Waals surface area contributed by atoms with Crippen molar-refractivity contribution in [3.05, 3.63) is 187 Å². The van der Waals surface area contributed by atoms with E-state index in [0.29, 0.717) is 0 Å². The van der Waals surface area contributed by atoms with Crippen LogP contribution in [0.4, 0.5) is 17.1 Å². The number of hydrogen-bond acceptors (Lipinski definition) is 3. The lowest BCUT2D eigenvalue weighted by Crippen LogP contribution is -2.16. The zero-order chi connectivity index (χ0) is 37.1. The summed E-state index contributed by atoms with van der Waals surface area (Å²) in [6.07, 6.45) is 0. The van der Waals surface area contributed by atoms with Crippen molar-refractivity contribution in [2.24, 2.45) is 0 Å². The van der Waals surface area contributed by atoms with E-state index in [2.05, 4.69) is 183 Å². The largest absolute Gasteiger partial charge is 0.456 e. The Labute approximate surface area is 323 Å². The van der Waals surface area contributed by atoms with Gasteiger partial charge < -0.3 is 13.7 Å². The van der Waals surface area contributed by atoms with E-state index in [1.165, 1.54) is 44.2 Å². The van der Waals surface area contributed by atoms with Gasteiger partial charge in [-0.05, 0) is 128 Å². The van der Waals surface area contributed by atoms with Crippen LogP contribution in [0.15, 0.2) is 185 Å². The lowest BCUT2D eigenvalue weighted by Gasteiger charge is -2.28. The highest BCUT2D eigenvalue weighted by Gasteiger charge is 2.35. The SMILES string of the molecule is CC1(C)c2ccccc2-c2ccc(N(c3ccc(-c4ccccc4)cc3)c3ccc4cc5oc6ccc7oc8cc9ccccc9cc8c7c6c5cc4c3)cc21. The van der Waals surface area contributed by atoms with Crippen LogP contribution in [-0.2, 0) is 5.41 Å². The van der Waals surface area contributed by atoms with Crippen molar-refractivity contribution >= 4 is 82.5 Å². The fraction of sp³-hybridized carbons (Fsp3) is 0.0566. The summed E-state index contributed by atoms with van der Waals surface area (Å²) in [5.41, 5.74) is 14.5. The van der Waals surface area contributed by atoms with Crippen molar-refractivity contribution < 1.29 is 8.83 Å². The van der Waals surface area contributed by atoms with Crippen LogP contribution in [0, 0.1) is 0 Å². The molecule has 0 N–H and O–H groups in total. The van der Waals surface area contributed by atoms with Crippen LogP contribution in [0.25, 0.3) is 87.7 Å². The number of anilines is 3. The molecular weight excluding hydrogens is 683 g/mol. The predicted molar refractivity (Wildman–Crippen MR) is 234 cm³/mol. The topological polar surface area (TPSA) is 29.5 Å². The summed E-state index contributed by atoms with van der Waals surface area (Å²) in [5.74, 6) is 0. The van der Waals surface area contributed by atoms with Gasteiger partial charge in [-0.15, -0.1) is 0 Å². The van der Waals surface area contributed by atoms with E-state index in [-0.39, 0.29) is 5.41 Å². The highest BCUT2D eigenvalue weighted by Crippen LogP contribution is 2.51. The molecule has 12 rings (SSSR count). The summed E-state index contributed by atoms with van der Waals surface area (Å²) in [7, 11) is 0.